The zero-order chi connectivity index (χ0) is 4.28. The summed E-state index contributed by atoms with van der Waals surface area (Å²) in [5.74, 6) is 0. The molecule has 0 fully saturated rings. The van der Waals surface area contributed by atoms with Crippen molar-refractivity contribution in [1.82, 2.24) is 9.69 Å². The van der Waals surface area contributed by atoms with Crippen molar-refractivity contribution in [2.45, 2.75) is 0 Å². The topological polar surface area (TPSA) is 85.6 Å². The van der Waals surface area contributed by atoms with Crippen LogP contribution in [0.1, 0.15) is 0 Å². The average Bonchev–Trinajstić information content (AvgIpc) is 1.38. The molecule has 0 aromatic rings. The van der Waals surface area contributed by atoms with Crippen LogP contribution in [0.2, 0.25) is 0 Å². The predicted molar refractivity (Wildman–Crippen MR) is 24.8 cm³/mol. The van der Waals surface area contributed by atoms with Gasteiger partial charge in [0.05, 0.1) is 0 Å². The number of carbonyl (C=O) groups is 1. The fourth-order valence-electron chi connectivity index (χ4n) is 0. The summed E-state index contributed by atoms with van der Waals surface area (Å²) in [4.78, 5) is 9.53. The minimum atomic E-state index is -0.402. The summed E-state index contributed by atoms with van der Waals surface area (Å²) in [5, 5.41) is 0. The number of amides is 2. The number of nitrogens with zero attached hydrogens (tertiary/aromatic N) is 1. The smallest absolute Gasteiger partial charge is 0 e. The third-order valence-electron chi connectivity index (χ3n) is 0.246. The SMILES string of the molecule is NC(=O)[NH][SnH3].[N]. The third-order valence-corrected chi connectivity index (χ3v) is 1.65. The largest absolute Gasteiger partial charge is 0 e. The predicted octanol–water partition coefficient (Wildman–Crippen LogP) is -2.55. The summed E-state index contributed by atoms with van der Waals surface area (Å²) in [6.07, 6.45) is 0. The number of nitrogens with one attached hydrogen (secondary N) is 1. The van der Waals surface area contributed by atoms with Gasteiger partial charge in [-0.1, -0.05) is 0 Å². The Hall–Kier alpha value is 0.0287. The molecule has 0 heterocycles. The van der Waals surface area contributed by atoms with Crippen LogP contribution in [-0.4, -0.2) is 28.8 Å². The van der Waals surface area contributed by atoms with Gasteiger partial charge >= 0.3 is 42.9 Å². The molecule has 0 aromatic carbocycles. The van der Waals surface area contributed by atoms with E-state index in [0.29, 0.717) is 0 Å². The van der Waals surface area contributed by atoms with E-state index < -0.39 is 6.03 Å². The van der Waals surface area contributed by atoms with Gasteiger partial charge in [0.25, 0.3) is 0 Å². The van der Waals surface area contributed by atoms with Crippen molar-refractivity contribution in [3.8, 4) is 0 Å². The van der Waals surface area contributed by atoms with Crippen molar-refractivity contribution >= 4 is 28.8 Å². The molecule has 0 saturated heterocycles. The van der Waals surface area contributed by atoms with Gasteiger partial charge in [-0.15, -0.1) is 0 Å². The van der Waals surface area contributed by atoms with Gasteiger partial charge in [0.1, 0.15) is 0 Å². The molecule has 35 valence electrons. The molecular formula is CH6N3OSn. The first kappa shape index (κ1) is 9.39. The fraction of sp³-hybridized carbons (Fsp3) is 0. The van der Waals surface area contributed by atoms with Gasteiger partial charge in [-0.3, -0.25) is 0 Å². The maximum atomic E-state index is 9.53. The number of hydrogen-bond donors (Lipinski definition) is 2. The van der Waals surface area contributed by atoms with Gasteiger partial charge in [-0.05, 0) is 0 Å². The molecule has 0 aromatic heterocycles. The van der Waals surface area contributed by atoms with Crippen molar-refractivity contribution < 1.29 is 4.79 Å². The van der Waals surface area contributed by atoms with Gasteiger partial charge in [0, 0.05) is 6.15 Å². The van der Waals surface area contributed by atoms with Crippen LogP contribution in [0.15, 0.2) is 0 Å². The molecule has 0 aliphatic heterocycles. The minimum Gasteiger partial charge on any atom is 0 e. The van der Waals surface area contributed by atoms with E-state index in [-0.39, 0.29) is 28.9 Å². The van der Waals surface area contributed by atoms with E-state index >= 15 is 0 Å². The number of hydrogen-bond acceptors (Lipinski definition) is 1. The molecule has 0 bridgehead atoms. The van der Waals surface area contributed by atoms with Crippen LogP contribution in [0.4, 0.5) is 4.79 Å². The number of carbonyl (C=O) groups excluding carboxylic acids is 1. The molecule has 5 heteroatoms. The Morgan fingerprint density at radius 2 is 2.00 bits per heavy atom. The molecule has 3 N–H and O–H groups in total. The second kappa shape index (κ2) is 5.03. The van der Waals surface area contributed by atoms with Gasteiger partial charge in [-0.2, -0.15) is 0 Å². The van der Waals surface area contributed by atoms with Crippen LogP contribution in [-0.2, 0) is 0 Å². The van der Waals surface area contributed by atoms with Crippen molar-refractivity contribution in [3.63, 3.8) is 0 Å². The Kier molecular flexibility index (Phi) is 7.87. The number of urea groups is 1. The Morgan fingerprint density at radius 1 is 1.83 bits per heavy atom. The van der Waals surface area contributed by atoms with E-state index in [0.717, 1.165) is 0 Å². The van der Waals surface area contributed by atoms with Crippen LogP contribution in [0, 0.1) is 0 Å². The maximum Gasteiger partial charge on any atom is 0 e. The molecule has 4 nitrogen and oxygen atoms in total. The van der Waals surface area contributed by atoms with Crippen molar-refractivity contribution in [1.29, 1.82) is 0 Å². The third kappa shape index (κ3) is 8.98. The Morgan fingerprint density at radius 3 is 2.00 bits per heavy atom. The molecule has 0 saturated carbocycles. The second-order valence-corrected chi connectivity index (χ2v) is 2.04. The fourth-order valence-corrected chi connectivity index (χ4v) is 0. The molecule has 0 unspecified atom stereocenters. The molecular weight excluding hydrogens is 189 g/mol. The van der Waals surface area contributed by atoms with Crippen LogP contribution in [0.5, 0.6) is 0 Å². The summed E-state index contributed by atoms with van der Waals surface area (Å²) < 4.78 is 2.38. The van der Waals surface area contributed by atoms with Crippen molar-refractivity contribution in [2.75, 3.05) is 0 Å². The maximum absolute atomic E-state index is 9.53. The standard InChI is InChI=1S/CH4N2O.N.Sn.3H/c2-1(3)4;;;;;/h(H4,2,3,4);;;;;/q;;+1;;;/p-1. The number of primary amides is 1. The normalized spacial score (nSPS) is 6.00. The molecule has 0 spiro atoms. The van der Waals surface area contributed by atoms with Crippen LogP contribution in [0.25, 0.3) is 0 Å². The quantitative estimate of drug-likeness (QED) is 0.409. The first-order valence-electron chi connectivity index (χ1n) is 1.24. The molecule has 3 radical (unpaired) electrons. The van der Waals surface area contributed by atoms with Crippen molar-refractivity contribution in [3.05, 3.63) is 0 Å². The molecule has 0 rings (SSSR count). The first-order valence-corrected chi connectivity index (χ1v) is 4.10. The van der Waals surface area contributed by atoms with E-state index in [1.807, 2.05) is 0 Å². The molecule has 0 atom stereocenters. The van der Waals surface area contributed by atoms with E-state index in [4.69, 9.17) is 0 Å². The summed E-state index contributed by atoms with van der Waals surface area (Å²) >= 11 is 0.226. The number of rotatable bonds is 0. The Labute approximate surface area is 49.5 Å². The van der Waals surface area contributed by atoms with E-state index in [1.165, 1.54) is 0 Å². The van der Waals surface area contributed by atoms with Gasteiger partial charge < -0.3 is 0 Å². The number of nitrogens with two attached hydrogens (primary N) is 1. The zero-order valence-electron chi connectivity index (χ0n) is 3.43. The van der Waals surface area contributed by atoms with Gasteiger partial charge in [0.2, 0.25) is 0 Å². The summed E-state index contributed by atoms with van der Waals surface area (Å²) in [6.45, 7) is 0. The molecule has 0 aliphatic rings. The first-order chi connectivity index (χ1) is 2.27. The summed E-state index contributed by atoms with van der Waals surface area (Å²) in [7, 11) is 0. The van der Waals surface area contributed by atoms with Crippen LogP contribution >= 0.6 is 0 Å². The molecule has 2 amide bonds. The minimum absolute atomic E-state index is 0. The molecule has 6 heavy (non-hydrogen) atoms. The van der Waals surface area contributed by atoms with E-state index in [1.54, 1.807) is 0 Å². The van der Waals surface area contributed by atoms with E-state index in [2.05, 4.69) is 9.27 Å². The zero-order valence-corrected chi connectivity index (χ0v) is 9.14. The van der Waals surface area contributed by atoms with Gasteiger partial charge in [0.15, 0.2) is 0 Å². The summed E-state index contributed by atoms with van der Waals surface area (Å²) in [6, 6.07) is -0.402. The van der Waals surface area contributed by atoms with Crippen LogP contribution < -0.4 is 15.4 Å². The van der Waals surface area contributed by atoms with Crippen LogP contribution in [0.3, 0.4) is 0 Å². The molecule has 0 aliphatic carbocycles. The Balaban J connectivity index is 0. The Bertz CT molecular complexity index is 46.1. The second-order valence-electron chi connectivity index (χ2n) is 0.614. The van der Waals surface area contributed by atoms with Crippen molar-refractivity contribution in [2.24, 2.45) is 5.73 Å². The average molecular weight is 195 g/mol. The monoisotopic (exact) mass is 196 g/mol. The van der Waals surface area contributed by atoms with Gasteiger partial charge in [-0.25, -0.2) is 0 Å². The van der Waals surface area contributed by atoms with E-state index in [9.17, 15) is 4.79 Å². The summed E-state index contributed by atoms with van der Waals surface area (Å²) in [5.41, 5.74) is 4.59.